The average Bonchev–Trinajstić information content (AvgIpc) is 3.48. The summed E-state index contributed by atoms with van der Waals surface area (Å²) < 4.78 is 21.5. The molecule has 0 spiro atoms. The first kappa shape index (κ1) is 33.5. The molecular weight excluding hydrogens is 572 g/mol. The number of likely N-dealkylation sites (tertiary alicyclic amines) is 2. The third kappa shape index (κ3) is 8.19. The molecule has 0 aliphatic carbocycles. The van der Waals surface area contributed by atoms with Crippen molar-refractivity contribution in [2.45, 2.75) is 89.3 Å². The molecule has 45 heavy (non-hydrogen) atoms. The quantitative estimate of drug-likeness (QED) is 0.366. The van der Waals surface area contributed by atoms with Crippen LogP contribution in [0.15, 0.2) is 48.5 Å². The molecule has 2 saturated heterocycles. The zero-order chi connectivity index (χ0) is 32.9. The monoisotopic (exact) mass is 616 g/mol. The van der Waals surface area contributed by atoms with Crippen molar-refractivity contribution in [3.05, 3.63) is 59.7 Å². The van der Waals surface area contributed by atoms with Gasteiger partial charge in [0.2, 0.25) is 6.79 Å². The van der Waals surface area contributed by atoms with Gasteiger partial charge in [-0.2, -0.15) is 10.5 Å². The Hall–Kier alpha value is -4.44. The highest BCUT2D eigenvalue weighted by Gasteiger charge is 2.40. The van der Waals surface area contributed by atoms with Gasteiger partial charge >= 0.3 is 12.2 Å². The topological polar surface area (TPSA) is 125 Å². The summed E-state index contributed by atoms with van der Waals surface area (Å²) in [6, 6.07) is 20.4. The Morgan fingerprint density at radius 3 is 1.58 bits per heavy atom. The van der Waals surface area contributed by atoms with E-state index in [1.807, 2.05) is 90.1 Å². The van der Waals surface area contributed by atoms with Crippen LogP contribution in [0.1, 0.15) is 78.4 Å². The number of benzene rings is 2. The molecular formula is C35H44N4O6. The van der Waals surface area contributed by atoms with E-state index in [2.05, 4.69) is 12.1 Å². The highest BCUT2D eigenvalue weighted by Crippen LogP contribution is 2.41. The van der Waals surface area contributed by atoms with Gasteiger partial charge in [-0.3, -0.25) is 0 Å². The second-order valence-electron chi connectivity index (χ2n) is 13.8. The van der Waals surface area contributed by atoms with E-state index in [4.69, 9.17) is 18.9 Å². The number of piperidine rings is 2. The molecule has 240 valence electrons. The molecule has 10 nitrogen and oxygen atoms in total. The second-order valence-corrected chi connectivity index (χ2v) is 13.8. The highest BCUT2D eigenvalue weighted by molar-refractivity contribution is 5.69. The molecule has 0 atom stereocenters. The minimum absolute atomic E-state index is 0.213. The number of rotatable bonds is 2. The lowest BCUT2D eigenvalue weighted by Crippen LogP contribution is -2.46. The molecule has 2 amide bonds. The maximum Gasteiger partial charge on any atom is 0.410 e. The third-order valence-electron chi connectivity index (χ3n) is 8.22. The van der Waals surface area contributed by atoms with Gasteiger partial charge in [-0.25, -0.2) is 9.59 Å². The zero-order valence-corrected chi connectivity index (χ0v) is 27.2. The first-order valence-corrected chi connectivity index (χ1v) is 15.4. The van der Waals surface area contributed by atoms with Crippen molar-refractivity contribution in [3.63, 3.8) is 0 Å². The molecule has 0 unspecified atom stereocenters. The summed E-state index contributed by atoms with van der Waals surface area (Å²) >= 11 is 0. The van der Waals surface area contributed by atoms with Gasteiger partial charge in [0.05, 0.1) is 23.0 Å². The van der Waals surface area contributed by atoms with Gasteiger partial charge in [0.25, 0.3) is 0 Å². The molecule has 2 fully saturated rings. The predicted octanol–water partition coefficient (Wildman–Crippen LogP) is 6.69. The smallest absolute Gasteiger partial charge is 0.410 e. The van der Waals surface area contributed by atoms with E-state index in [9.17, 15) is 20.1 Å². The lowest BCUT2D eigenvalue weighted by atomic mass is 9.74. The molecule has 0 saturated carbocycles. The molecule has 2 aromatic rings. The number of nitrogens with zero attached hydrogens (tertiary/aromatic N) is 4. The summed E-state index contributed by atoms with van der Waals surface area (Å²) in [5.74, 6) is 1.38. The van der Waals surface area contributed by atoms with Gasteiger partial charge in [0.1, 0.15) is 11.2 Å². The number of nitriles is 2. The van der Waals surface area contributed by atoms with Crippen LogP contribution in [0.25, 0.3) is 0 Å². The standard InChI is InChI=1S/C18H22N2O4.C17H22N2O2/c1-17(2,3)24-16(21)20-8-6-18(11-19,7-9-20)13-4-5-14-15(10-13)23-12-22-14;1-16(2,3)21-15(20)19-11-9-17(13-18,10-12-19)14-7-5-4-6-8-14/h4-5,10H,6-9,12H2,1-3H3;4-8H,9-12H2,1-3H3. The Morgan fingerprint density at radius 1 is 0.689 bits per heavy atom. The van der Waals surface area contributed by atoms with Crippen molar-refractivity contribution in [2.24, 2.45) is 0 Å². The average molecular weight is 617 g/mol. The maximum absolute atomic E-state index is 12.2. The minimum Gasteiger partial charge on any atom is -0.454 e. The number of ether oxygens (including phenoxy) is 4. The fourth-order valence-corrected chi connectivity index (χ4v) is 5.68. The van der Waals surface area contributed by atoms with Crippen LogP contribution < -0.4 is 9.47 Å². The van der Waals surface area contributed by atoms with Crippen LogP contribution in [-0.4, -0.2) is 66.2 Å². The van der Waals surface area contributed by atoms with Crippen LogP contribution in [0.2, 0.25) is 0 Å². The summed E-state index contributed by atoms with van der Waals surface area (Å²) in [6.07, 6.45) is 1.83. The first-order chi connectivity index (χ1) is 21.2. The lowest BCUT2D eigenvalue weighted by Gasteiger charge is -2.38. The van der Waals surface area contributed by atoms with Crippen LogP contribution in [0, 0.1) is 22.7 Å². The predicted molar refractivity (Wildman–Crippen MR) is 168 cm³/mol. The van der Waals surface area contributed by atoms with Crippen LogP contribution in [0.4, 0.5) is 9.59 Å². The van der Waals surface area contributed by atoms with Crippen molar-refractivity contribution in [3.8, 4) is 23.6 Å². The van der Waals surface area contributed by atoms with Crippen molar-refractivity contribution < 1.29 is 28.5 Å². The SMILES string of the molecule is CC(C)(C)OC(=O)N1CCC(C#N)(c2ccc3c(c2)OCO3)CC1.CC(C)(C)OC(=O)N1CCC(C#N)(c2ccccc2)CC1. The van der Waals surface area contributed by atoms with E-state index in [-0.39, 0.29) is 19.0 Å². The minimum atomic E-state index is -0.612. The molecule has 0 radical (unpaired) electrons. The Bertz CT molecular complexity index is 1430. The Kier molecular flexibility index (Phi) is 9.87. The summed E-state index contributed by atoms with van der Waals surface area (Å²) in [5.41, 5.74) is -0.146. The zero-order valence-electron chi connectivity index (χ0n) is 27.2. The van der Waals surface area contributed by atoms with Crippen LogP contribution >= 0.6 is 0 Å². The number of hydrogen-bond acceptors (Lipinski definition) is 8. The molecule has 3 aliphatic heterocycles. The molecule has 0 N–H and O–H groups in total. The molecule has 5 rings (SSSR count). The molecule has 2 aromatic carbocycles. The molecule has 0 bridgehead atoms. The normalized spacial score (nSPS) is 18.4. The van der Waals surface area contributed by atoms with Crippen molar-refractivity contribution >= 4 is 12.2 Å². The largest absolute Gasteiger partial charge is 0.454 e. The maximum atomic E-state index is 12.2. The Morgan fingerprint density at radius 2 is 1.13 bits per heavy atom. The van der Waals surface area contributed by atoms with Gasteiger partial charge in [0.15, 0.2) is 11.5 Å². The Balaban J connectivity index is 0.000000207. The van der Waals surface area contributed by atoms with E-state index >= 15 is 0 Å². The number of carbonyl (C=O) groups excluding carboxylic acids is 2. The molecule has 3 heterocycles. The van der Waals surface area contributed by atoms with E-state index in [1.165, 1.54) is 0 Å². The van der Waals surface area contributed by atoms with E-state index in [1.54, 1.807) is 9.80 Å². The summed E-state index contributed by atoms with van der Waals surface area (Å²) in [5, 5.41) is 19.4. The van der Waals surface area contributed by atoms with Gasteiger partial charge in [-0.1, -0.05) is 36.4 Å². The number of hydrogen-bond donors (Lipinski definition) is 0. The van der Waals surface area contributed by atoms with Crippen LogP contribution in [0.3, 0.4) is 0 Å². The van der Waals surface area contributed by atoms with Gasteiger partial charge < -0.3 is 28.7 Å². The Labute approximate surface area is 266 Å². The van der Waals surface area contributed by atoms with Gasteiger partial charge in [-0.05, 0) is 90.5 Å². The second kappa shape index (κ2) is 13.3. The van der Waals surface area contributed by atoms with Crippen LogP contribution in [0.5, 0.6) is 11.5 Å². The third-order valence-corrected chi connectivity index (χ3v) is 8.22. The van der Waals surface area contributed by atoms with Gasteiger partial charge in [-0.15, -0.1) is 0 Å². The molecule has 3 aliphatic rings. The van der Waals surface area contributed by atoms with E-state index in [0.717, 1.165) is 11.1 Å². The van der Waals surface area contributed by atoms with Gasteiger partial charge in [0, 0.05) is 26.2 Å². The number of amides is 2. The highest BCUT2D eigenvalue weighted by atomic mass is 16.7. The number of fused-ring (bicyclic) bond motifs is 1. The molecule has 10 heteroatoms. The molecule has 0 aromatic heterocycles. The summed E-state index contributed by atoms with van der Waals surface area (Å²) in [6.45, 7) is 13.4. The van der Waals surface area contributed by atoms with E-state index in [0.29, 0.717) is 63.4 Å². The summed E-state index contributed by atoms with van der Waals surface area (Å²) in [4.78, 5) is 27.6. The number of carbonyl (C=O) groups is 2. The summed E-state index contributed by atoms with van der Waals surface area (Å²) in [7, 11) is 0. The lowest BCUT2D eigenvalue weighted by molar-refractivity contribution is 0.0175. The van der Waals surface area contributed by atoms with Crippen LogP contribution in [-0.2, 0) is 20.3 Å². The van der Waals surface area contributed by atoms with Crippen molar-refractivity contribution in [1.82, 2.24) is 9.80 Å². The first-order valence-electron chi connectivity index (χ1n) is 15.4. The van der Waals surface area contributed by atoms with E-state index < -0.39 is 22.0 Å². The fourth-order valence-electron chi connectivity index (χ4n) is 5.68. The van der Waals surface area contributed by atoms with Crippen molar-refractivity contribution in [1.29, 1.82) is 10.5 Å². The van der Waals surface area contributed by atoms with Crippen molar-refractivity contribution in [2.75, 3.05) is 33.0 Å². The fraction of sp³-hybridized carbons (Fsp3) is 0.543.